The lowest BCUT2D eigenvalue weighted by molar-refractivity contribution is 0.0489. The first-order valence-corrected chi connectivity index (χ1v) is 11.5. The van der Waals surface area contributed by atoms with E-state index in [-0.39, 0.29) is 30.0 Å². The fraction of sp³-hybridized carbons (Fsp3) is 0.407. The van der Waals surface area contributed by atoms with Gasteiger partial charge in [0.25, 0.3) is 0 Å². The summed E-state index contributed by atoms with van der Waals surface area (Å²) in [6.45, 7) is 5.61. The highest BCUT2D eigenvalue weighted by atomic mass is 16.6. The average molecular weight is 433 g/mol. The number of benzene rings is 2. The number of fused-ring (bicyclic) bond motifs is 1. The molecular weight excluding hydrogens is 400 g/mol. The van der Waals surface area contributed by atoms with Crippen LogP contribution in [0.25, 0.3) is 6.08 Å². The minimum Gasteiger partial charge on any atom is -0.444 e. The van der Waals surface area contributed by atoms with Crippen molar-refractivity contribution in [2.45, 2.75) is 70.2 Å². The van der Waals surface area contributed by atoms with Crippen LogP contribution in [0.1, 0.15) is 74.0 Å². The van der Waals surface area contributed by atoms with Gasteiger partial charge in [-0.15, -0.1) is 0 Å². The molecule has 1 saturated carbocycles. The highest BCUT2D eigenvalue weighted by Crippen LogP contribution is 2.38. The van der Waals surface area contributed by atoms with Gasteiger partial charge in [0.1, 0.15) is 5.60 Å². The summed E-state index contributed by atoms with van der Waals surface area (Å²) in [5.41, 5.74) is 3.17. The normalized spacial score (nSPS) is 24.3. The molecule has 2 aromatic rings. The Balaban J connectivity index is 1.44. The molecule has 2 aromatic carbocycles. The highest BCUT2D eigenvalue weighted by Gasteiger charge is 2.36. The Morgan fingerprint density at radius 3 is 2.25 bits per heavy atom. The van der Waals surface area contributed by atoms with Crippen molar-refractivity contribution in [2.24, 2.45) is 0 Å². The van der Waals surface area contributed by atoms with Crippen LogP contribution >= 0.6 is 0 Å². The van der Waals surface area contributed by atoms with Gasteiger partial charge < -0.3 is 15.4 Å². The molecule has 0 spiro atoms. The molecule has 0 heterocycles. The summed E-state index contributed by atoms with van der Waals surface area (Å²) in [5.74, 6) is 0.0993. The molecule has 1 amide bonds. The third kappa shape index (κ3) is 5.28. The molecule has 0 bridgehead atoms. The second-order valence-electron chi connectivity index (χ2n) is 9.72. The first kappa shape index (κ1) is 22.3. The largest absolute Gasteiger partial charge is 0.444 e. The summed E-state index contributed by atoms with van der Waals surface area (Å²) < 4.78 is 5.39. The van der Waals surface area contributed by atoms with E-state index < -0.39 is 5.60 Å². The number of nitrogens with one attached hydrogen (secondary N) is 2. The maximum absolute atomic E-state index is 13.2. The molecule has 5 heteroatoms. The van der Waals surface area contributed by atoms with Crippen molar-refractivity contribution in [2.75, 3.05) is 0 Å². The summed E-state index contributed by atoms with van der Waals surface area (Å²) in [7, 11) is 0. The van der Waals surface area contributed by atoms with Crippen LogP contribution in [-0.2, 0) is 4.74 Å². The second kappa shape index (κ2) is 9.29. The molecule has 1 fully saturated rings. The van der Waals surface area contributed by atoms with Gasteiger partial charge in [-0.3, -0.25) is 4.79 Å². The number of carbonyl (C=O) groups excluding carboxylic acids is 2. The number of ketones is 1. The fourth-order valence-electron chi connectivity index (χ4n) is 4.58. The van der Waals surface area contributed by atoms with Crippen molar-refractivity contribution >= 4 is 18.0 Å². The molecule has 0 aliphatic heterocycles. The maximum Gasteiger partial charge on any atom is 0.407 e. The smallest absolute Gasteiger partial charge is 0.407 e. The Morgan fingerprint density at radius 2 is 1.56 bits per heavy atom. The number of carbonyl (C=O) groups is 2. The van der Waals surface area contributed by atoms with Crippen LogP contribution in [0.15, 0.2) is 60.2 Å². The molecular formula is C27H32N2O3. The standard InChI is InChI=1S/C27H32N2O3/c1-27(2,3)32-26(31)29-20-15-13-19(14-16-20)28-24-21-11-7-8-12-22(21)25(30)23(24)17-18-9-5-4-6-10-18/h4-12,17,19-20,24,28H,13-16H2,1-3H3,(H,29,31). The molecule has 0 aromatic heterocycles. The molecule has 2 aliphatic rings. The number of hydrogen-bond acceptors (Lipinski definition) is 4. The Hall–Kier alpha value is -2.92. The molecule has 0 saturated heterocycles. The third-order valence-corrected chi connectivity index (χ3v) is 6.06. The quantitative estimate of drug-likeness (QED) is 0.632. The topological polar surface area (TPSA) is 67.4 Å². The first-order chi connectivity index (χ1) is 15.3. The predicted molar refractivity (Wildman–Crippen MR) is 126 cm³/mol. The van der Waals surface area contributed by atoms with Crippen LogP contribution in [0.3, 0.4) is 0 Å². The lowest BCUT2D eigenvalue weighted by Gasteiger charge is -2.32. The van der Waals surface area contributed by atoms with Gasteiger partial charge in [0.15, 0.2) is 5.78 Å². The van der Waals surface area contributed by atoms with Gasteiger partial charge in [0.2, 0.25) is 0 Å². The van der Waals surface area contributed by atoms with Gasteiger partial charge in [-0.2, -0.15) is 0 Å². The van der Waals surface area contributed by atoms with Crippen LogP contribution in [0.5, 0.6) is 0 Å². The van der Waals surface area contributed by atoms with Crippen LogP contribution in [0.4, 0.5) is 4.79 Å². The molecule has 0 radical (unpaired) electrons. The minimum absolute atomic E-state index is 0.0993. The van der Waals surface area contributed by atoms with Crippen molar-refractivity contribution in [1.82, 2.24) is 10.6 Å². The molecule has 2 aliphatic carbocycles. The van der Waals surface area contributed by atoms with Gasteiger partial charge in [0, 0.05) is 23.2 Å². The van der Waals surface area contributed by atoms with Crippen LogP contribution in [0.2, 0.25) is 0 Å². The minimum atomic E-state index is -0.493. The number of rotatable bonds is 4. The average Bonchev–Trinajstić information content (AvgIpc) is 3.01. The summed E-state index contributed by atoms with van der Waals surface area (Å²) in [5, 5.41) is 6.75. The maximum atomic E-state index is 13.2. The van der Waals surface area contributed by atoms with Crippen LogP contribution in [0, 0.1) is 0 Å². The second-order valence-corrected chi connectivity index (χ2v) is 9.72. The fourth-order valence-corrected chi connectivity index (χ4v) is 4.58. The Labute approximate surface area is 190 Å². The van der Waals surface area contributed by atoms with Crippen LogP contribution in [-0.4, -0.2) is 29.6 Å². The zero-order valence-corrected chi connectivity index (χ0v) is 19.1. The van der Waals surface area contributed by atoms with Crippen molar-refractivity contribution in [3.8, 4) is 0 Å². The SMILES string of the molecule is CC(C)(C)OC(=O)NC1CCC(NC2C(=Cc3ccccc3)C(=O)c3ccccc32)CC1. The molecule has 168 valence electrons. The molecule has 4 rings (SSSR count). The van der Waals surface area contributed by atoms with E-state index in [0.29, 0.717) is 0 Å². The molecule has 32 heavy (non-hydrogen) atoms. The molecule has 2 N–H and O–H groups in total. The lowest BCUT2D eigenvalue weighted by Crippen LogP contribution is -2.44. The van der Waals surface area contributed by atoms with E-state index in [1.807, 2.05) is 81.4 Å². The highest BCUT2D eigenvalue weighted by molar-refractivity contribution is 6.16. The van der Waals surface area contributed by atoms with Gasteiger partial charge in [-0.1, -0.05) is 54.6 Å². The Morgan fingerprint density at radius 1 is 0.938 bits per heavy atom. The van der Waals surface area contributed by atoms with Gasteiger partial charge >= 0.3 is 6.09 Å². The van der Waals surface area contributed by atoms with Gasteiger partial charge in [-0.05, 0) is 63.7 Å². The Kier molecular flexibility index (Phi) is 6.47. The van der Waals surface area contributed by atoms with E-state index in [1.54, 1.807) is 0 Å². The van der Waals surface area contributed by atoms with Gasteiger partial charge in [-0.25, -0.2) is 4.79 Å². The van der Waals surface area contributed by atoms with E-state index in [4.69, 9.17) is 4.74 Å². The Bertz CT molecular complexity index is 999. The number of alkyl carbamates (subject to hydrolysis) is 1. The monoisotopic (exact) mass is 432 g/mol. The van der Waals surface area contributed by atoms with Gasteiger partial charge in [0.05, 0.1) is 6.04 Å². The van der Waals surface area contributed by atoms with Crippen molar-refractivity contribution < 1.29 is 14.3 Å². The summed E-state index contributed by atoms with van der Waals surface area (Å²) in [6.07, 6.45) is 5.30. The van der Waals surface area contributed by atoms with Crippen molar-refractivity contribution in [3.05, 3.63) is 76.9 Å². The number of hydrogen-bond donors (Lipinski definition) is 2. The van der Waals surface area contributed by atoms with E-state index in [0.717, 1.165) is 47.9 Å². The van der Waals surface area contributed by atoms with E-state index >= 15 is 0 Å². The number of ether oxygens (including phenoxy) is 1. The summed E-state index contributed by atoms with van der Waals surface area (Å²) >= 11 is 0. The molecule has 1 atom stereocenters. The first-order valence-electron chi connectivity index (χ1n) is 11.5. The molecule has 1 unspecified atom stereocenters. The summed E-state index contributed by atoms with van der Waals surface area (Å²) in [6, 6.07) is 18.2. The zero-order valence-electron chi connectivity index (χ0n) is 19.1. The molecule has 5 nitrogen and oxygen atoms in total. The third-order valence-electron chi connectivity index (χ3n) is 6.06. The number of amides is 1. The van der Waals surface area contributed by atoms with E-state index in [2.05, 4.69) is 10.6 Å². The lowest BCUT2D eigenvalue weighted by atomic mass is 9.90. The van der Waals surface area contributed by atoms with Crippen molar-refractivity contribution in [1.29, 1.82) is 0 Å². The number of Topliss-reactive ketones (excluding diaryl/α,β-unsaturated/α-hetero) is 1. The van der Waals surface area contributed by atoms with Crippen molar-refractivity contribution in [3.63, 3.8) is 0 Å². The zero-order chi connectivity index (χ0) is 22.7. The van der Waals surface area contributed by atoms with E-state index in [9.17, 15) is 9.59 Å². The van der Waals surface area contributed by atoms with Crippen LogP contribution < -0.4 is 10.6 Å². The summed E-state index contributed by atoms with van der Waals surface area (Å²) in [4.78, 5) is 25.3. The van der Waals surface area contributed by atoms with E-state index in [1.165, 1.54) is 0 Å². The predicted octanol–water partition coefficient (Wildman–Crippen LogP) is 5.43.